The highest BCUT2D eigenvalue weighted by Crippen LogP contribution is 2.21. The van der Waals surface area contributed by atoms with Crippen molar-refractivity contribution in [2.45, 2.75) is 51.6 Å². The molecule has 0 aromatic heterocycles. The van der Waals surface area contributed by atoms with Crippen LogP contribution in [-0.2, 0) is 0 Å². The van der Waals surface area contributed by atoms with Gasteiger partial charge in [-0.05, 0) is 51.9 Å². The molecule has 2 nitrogen and oxygen atoms in total. The number of nitrogens with zero attached hydrogens (tertiary/aromatic N) is 1. The Balaban J connectivity index is 1.84. The van der Waals surface area contributed by atoms with E-state index in [4.69, 9.17) is 0 Å². The van der Waals surface area contributed by atoms with Crippen LogP contribution < -0.4 is 5.32 Å². The van der Waals surface area contributed by atoms with E-state index in [1.54, 1.807) is 12.1 Å². The number of halogens is 2. The summed E-state index contributed by atoms with van der Waals surface area (Å²) in [5, 5.41) is 3.45. The lowest BCUT2D eigenvalue weighted by Gasteiger charge is -2.34. The van der Waals surface area contributed by atoms with E-state index in [1.165, 1.54) is 19.4 Å². The molecule has 118 valence electrons. The summed E-state index contributed by atoms with van der Waals surface area (Å²) in [5.74, 6) is -1.49. The van der Waals surface area contributed by atoms with E-state index >= 15 is 0 Å². The van der Waals surface area contributed by atoms with Gasteiger partial charge in [-0.1, -0.05) is 25.5 Å². The second-order valence-electron chi connectivity index (χ2n) is 6.00. The summed E-state index contributed by atoms with van der Waals surface area (Å²) in [6.45, 7) is 7.48. The van der Waals surface area contributed by atoms with Crippen LogP contribution in [0.5, 0.6) is 0 Å². The molecule has 0 saturated carbocycles. The Labute approximate surface area is 126 Å². The Morgan fingerprint density at radius 2 is 2.00 bits per heavy atom. The highest BCUT2D eigenvalue weighted by Gasteiger charge is 2.22. The van der Waals surface area contributed by atoms with Gasteiger partial charge in [-0.25, -0.2) is 8.78 Å². The smallest absolute Gasteiger partial charge is 0.163 e. The van der Waals surface area contributed by atoms with Crippen molar-refractivity contribution in [2.24, 2.45) is 0 Å². The highest BCUT2D eigenvalue weighted by atomic mass is 19.2. The Kier molecular flexibility index (Phi) is 6.12. The fourth-order valence-electron chi connectivity index (χ4n) is 3.00. The molecule has 1 unspecified atom stereocenters. The summed E-state index contributed by atoms with van der Waals surface area (Å²) in [6.07, 6.45) is 4.63. The molecular weight excluding hydrogens is 270 g/mol. The average Bonchev–Trinajstić information content (AvgIpc) is 2.49. The summed E-state index contributed by atoms with van der Waals surface area (Å²) >= 11 is 0. The number of hydrogen-bond acceptors (Lipinski definition) is 2. The van der Waals surface area contributed by atoms with Crippen LogP contribution in [0, 0.1) is 11.6 Å². The maximum absolute atomic E-state index is 13.8. The van der Waals surface area contributed by atoms with Crippen LogP contribution in [0.15, 0.2) is 18.2 Å². The van der Waals surface area contributed by atoms with Gasteiger partial charge in [0.25, 0.3) is 0 Å². The van der Waals surface area contributed by atoms with Gasteiger partial charge in [-0.2, -0.15) is 0 Å². The van der Waals surface area contributed by atoms with Gasteiger partial charge in [0.15, 0.2) is 11.6 Å². The first kappa shape index (κ1) is 16.4. The molecule has 1 heterocycles. The lowest BCUT2D eigenvalue weighted by molar-refractivity contribution is 0.189. The zero-order valence-corrected chi connectivity index (χ0v) is 13.0. The molecule has 1 saturated heterocycles. The number of unbranched alkanes of at least 4 members (excludes halogenated alkanes) is 1. The topological polar surface area (TPSA) is 15.3 Å². The number of hydrogen-bond donors (Lipinski definition) is 1. The number of benzene rings is 1. The van der Waals surface area contributed by atoms with Gasteiger partial charge < -0.3 is 10.2 Å². The van der Waals surface area contributed by atoms with Gasteiger partial charge in [0.1, 0.15) is 0 Å². The van der Waals surface area contributed by atoms with Crippen molar-refractivity contribution < 1.29 is 8.78 Å². The SMILES string of the molecule is CCCCN1CCC(NC(C)c2cccc(F)c2F)CC1. The third kappa shape index (κ3) is 4.48. The number of piperidine rings is 1. The summed E-state index contributed by atoms with van der Waals surface area (Å²) in [4.78, 5) is 2.50. The molecule has 1 aromatic carbocycles. The second kappa shape index (κ2) is 7.85. The van der Waals surface area contributed by atoms with Crippen LogP contribution in [0.4, 0.5) is 8.78 Å². The first-order valence-electron chi connectivity index (χ1n) is 8.04. The Bertz CT molecular complexity index is 442. The van der Waals surface area contributed by atoms with E-state index in [2.05, 4.69) is 17.1 Å². The second-order valence-corrected chi connectivity index (χ2v) is 6.00. The fourth-order valence-corrected chi connectivity index (χ4v) is 3.00. The van der Waals surface area contributed by atoms with Crippen LogP contribution >= 0.6 is 0 Å². The summed E-state index contributed by atoms with van der Waals surface area (Å²) < 4.78 is 27.1. The van der Waals surface area contributed by atoms with Gasteiger partial charge in [0.2, 0.25) is 0 Å². The quantitative estimate of drug-likeness (QED) is 0.857. The molecule has 1 N–H and O–H groups in total. The minimum atomic E-state index is -0.768. The van der Waals surface area contributed by atoms with Gasteiger partial charge in [-0.3, -0.25) is 0 Å². The molecule has 1 atom stereocenters. The lowest BCUT2D eigenvalue weighted by atomic mass is 10.0. The first-order valence-corrected chi connectivity index (χ1v) is 8.04. The normalized spacial score (nSPS) is 18.9. The number of rotatable bonds is 6. The summed E-state index contributed by atoms with van der Waals surface area (Å²) in [6, 6.07) is 4.62. The maximum Gasteiger partial charge on any atom is 0.163 e. The average molecular weight is 296 g/mol. The third-order valence-electron chi connectivity index (χ3n) is 4.35. The van der Waals surface area contributed by atoms with Crippen molar-refractivity contribution in [3.63, 3.8) is 0 Å². The van der Waals surface area contributed by atoms with E-state index in [1.807, 2.05) is 6.92 Å². The van der Waals surface area contributed by atoms with E-state index < -0.39 is 11.6 Å². The molecular formula is C17H26F2N2. The first-order chi connectivity index (χ1) is 10.1. The van der Waals surface area contributed by atoms with Crippen molar-refractivity contribution in [3.8, 4) is 0 Å². The Morgan fingerprint density at radius 3 is 2.67 bits per heavy atom. The molecule has 21 heavy (non-hydrogen) atoms. The van der Waals surface area contributed by atoms with Gasteiger partial charge in [-0.15, -0.1) is 0 Å². The highest BCUT2D eigenvalue weighted by molar-refractivity contribution is 5.22. The van der Waals surface area contributed by atoms with Gasteiger partial charge in [0.05, 0.1) is 0 Å². The zero-order valence-electron chi connectivity index (χ0n) is 13.0. The molecule has 1 aromatic rings. The van der Waals surface area contributed by atoms with Crippen LogP contribution in [0.3, 0.4) is 0 Å². The third-order valence-corrected chi connectivity index (χ3v) is 4.35. The van der Waals surface area contributed by atoms with Crippen molar-refractivity contribution in [1.29, 1.82) is 0 Å². The van der Waals surface area contributed by atoms with E-state index in [0.717, 1.165) is 32.0 Å². The standard InChI is InChI=1S/C17H26F2N2/c1-3-4-10-21-11-8-14(9-12-21)20-13(2)15-6-5-7-16(18)17(15)19/h5-7,13-14,20H,3-4,8-12H2,1-2H3. The van der Waals surface area contributed by atoms with Crippen molar-refractivity contribution in [3.05, 3.63) is 35.4 Å². The fraction of sp³-hybridized carbons (Fsp3) is 0.647. The van der Waals surface area contributed by atoms with Gasteiger partial charge >= 0.3 is 0 Å². The van der Waals surface area contributed by atoms with Crippen molar-refractivity contribution in [2.75, 3.05) is 19.6 Å². The minimum absolute atomic E-state index is 0.159. The van der Waals surface area contributed by atoms with Crippen molar-refractivity contribution >= 4 is 0 Å². The number of likely N-dealkylation sites (tertiary alicyclic amines) is 1. The van der Waals surface area contributed by atoms with E-state index in [9.17, 15) is 8.78 Å². The monoisotopic (exact) mass is 296 g/mol. The molecule has 0 bridgehead atoms. The Morgan fingerprint density at radius 1 is 1.29 bits per heavy atom. The largest absolute Gasteiger partial charge is 0.307 e. The predicted molar refractivity (Wildman–Crippen MR) is 82.3 cm³/mol. The minimum Gasteiger partial charge on any atom is -0.307 e. The lowest BCUT2D eigenvalue weighted by Crippen LogP contribution is -2.43. The van der Waals surface area contributed by atoms with Crippen LogP contribution in [0.2, 0.25) is 0 Å². The zero-order chi connectivity index (χ0) is 15.2. The van der Waals surface area contributed by atoms with E-state index in [0.29, 0.717) is 11.6 Å². The summed E-state index contributed by atoms with van der Waals surface area (Å²) in [5.41, 5.74) is 0.420. The van der Waals surface area contributed by atoms with Crippen LogP contribution in [0.1, 0.15) is 51.1 Å². The summed E-state index contributed by atoms with van der Waals surface area (Å²) in [7, 11) is 0. The molecule has 1 aliphatic heterocycles. The maximum atomic E-state index is 13.8. The molecule has 1 aliphatic rings. The molecule has 1 fully saturated rings. The van der Waals surface area contributed by atoms with E-state index in [-0.39, 0.29) is 6.04 Å². The number of nitrogens with one attached hydrogen (secondary N) is 1. The van der Waals surface area contributed by atoms with Crippen molar-refractivity contribution in [1.82, 2.24) is 10.2 Å². The van der Waals surface area contributed by atoms with Gasteiger partial charge in [0, 0.05) is 17.6 Å². The molecule has 4 heteroatoms. The molecule has 0 spiro atoms. The molecule has 0 aliphatic carbocycles. The molecule has 0 amide bonds. The molecule has 0 radical (unpaired) electrons. The predicted octanol–water partition coefficient (Wildman–Crippen LogP) is 3.88. The molecule has 2 rings (SSSR count). The van der Waals surface area contributed by atoms with Crippen LogP contribution in [0.25, 0.3) is 0 Å². The Hall–Kier alpha value is -1.00. The van der Waals surface area contributed by atoms with Crippen LogP contribution in [-0.4, -0.2) is 30.6 Å².